The summed E-state index contributed by atoms with van der Waals surface area (Å²) in [5, 5.41) is 9.30. The second-order valence-corrected chi connectivity index (χ2v) is 5.46. The molecule has 0 bridgehead atoms. The predicted octanol–water partition coefficient (Wildman–Crippen LogP) is 1.63. The first-order valence-electron chi connectivity index (χ1n) is 7.10. The minimum atomic E-state index is 0.255. The third-order valence-corrected chi connectivity index (χ3v) is 3.99. The van der Waals surface area contributed by atoms with Crippen molar-refractivity contribution in [2.24, 2.45) is 5.92 Å². The first-order chi connectivity index (χ1) is 9.80. The van der Waals surface area contributed by atoms with E-state index in [9.17, 15) is 5.11 Å². The highest BCUT2D eigenvalue weighted by molar-refractivity contribution is 5.55. The Balaban J connectivity index is 1.74. The van der Waals surface area contributed by atoms with Gasteiger partial charge in [0.1, 0.15) is 0 Å². The molecule has 5 heteroatoms. The van der Waals surface area contributed by atoms with Gasteiger partial charge in [-0.1, -0.05) is 0 Å². The summed E-state index contributed by atoms with van der Waals surface area (Å²) in [6.07, 6.45) is 2.27. The molecule has 5 nitrogen and oxygen atoms in total. The summed E-state index contributed by atoms with van der Waals surface area (Å²) in [5.74, 6) is 2.59. The summed E-state index contributed by atoms with van der Waals surface area (Å²) in [6, 6.07) is 4.03. The molecule has 0 aromatic heterocycles. The van der Waals surface area contributed by atoms with Crippen molar-refractivity contribution in [3.8, 4) is 17.2 Å². The molecule has 1 aromatic rings. The molecule has 0 spiro atoms. The predicted molar refractivity (Wildman–Crippen MR) is 74.2 cm³/mol. The molecule has 2 aliphatic rings. The van der Waals surface area contributed by atoms with Gasteiger partial charge in [-0.25, -0.2) is 0 Å². The number of fused-ring (bicyclic) bond motifs is 1. The SMILES string of the molecule is COc1cc(CN2CCC[C@@H](CO)C2)cc2c1OCO2. The molecule has 1 aromatic carbocycles. The van der Waals surface area contributed by atoms with Crippen molar-refractivity contribution >= 4 is 0 Å². The fourth-order valence-corrected chi connectivity index (χ4v) is 2.98. The van der Waals surface area contributed by atoms with Crippen LogP contribution in [0.1, 0.15) is 18.4 Å². The molecule has 2 heterocycles. The quantitative estimate of drug-likeness (QED) is 0.908. The zero-order chi connectivity index (χ0) is 13.9. The number of likely N-dealkylation sites (tertiary alicyclic amines) is 1. The normalized spacial score (nSPS) is 22.0. The topological polar surface area (TPSA) is 51.2 Å². The largest absolute Gasteiger partial charge is 0.493 e. The molecule has 1 atom stereocenters. The molecule has 110 valence electrons. The molecular formula is C15H21NO4. The molecule has 0 radical (unpaired) electrons. The third-order valence-electron chi connectivity index (χ3n) is 3.99. The molecule has 3 rings (SSSR count). The highest BCUT2D eigenvalue weighted by atomic mass is 16.7. The van der Waals surface area contributed by atoms with Gasteiger partial charge in [0.05, 0.1) is 7.11 Å². The van der Waals surface area contributed by atoms with E-state index in [4.69, 9.17) is 14.2 Å². The van der Waals surface area contributed by atoms with E-state index in [1.807, 2.05) is 12.1 Å². The van der Waals surface area contributed by atoms with Crippen LogP contribution in [0.4, 0.5) is 0 Å². The maximum Gasteiger partial charge on any atom is 0.231 e. The van der Waals surface area contributed by atoms with Crippen molar-refractivity contribution in [3.05, 3.63) is 17.7 Å². The molecule has 1 N–H and O–H groups in total. The maximum absolute atomic E-state index is 9.30. The van der Waals surface area contributed by atoms with Crippen molar-refractivity contribution in [2.75, 3.05) is 33.6 Å². The van der Waals surface area contributed by atoms with E-state index in [1.165, 1.54) is 0 Å². The summed E-state index contributed by atoms with van der Waals surface area (Å²) in [6.45, 7) is 3.41. The number of benzene rings is 1. The molecular weight excluding hydrogens is 258 g/mol. The van der Waals surface area contributed by atoms with Crippen LogP contribution in [-0.2, 0) is 6.54 Å². The van der Waals surface area contributed by atoms with Gasteiger partial charge in [0, 0.05) is 19.7 Å². The van der Waals surface area contributed by atoms with Crippen LogP contribution in [0.3, 0.4) is 0 Å². The van der Waals surface area contributed by atoms with Gasteiger partial charge in [0.25, 0.3) is 0 Å². The average molecular weight is 279 g/mol. The summed E-state index contributed by atoms with van der Waals surface area (Å²) in [5.41, 5.74) is 1.16. The van der Waals surface area contributed by atoms with E-state index in [0.29, 0.717) is 11.7 Å². The summed E-state index contributed by atoms with van der Waals surface area (Å²) >= 11 is 0. The number of hydrogen-bond donors (Lipinski definition) is 1. The Labute approximate surface area is 119 Å². The molecule has 0 unspecified atom stereocenters. The van der Waals surface area contributed by atoms with E-state index in [2.05, 4.69) is 4.90 Å². The number of aliphatic hydroxyl groups is 1. The maximum atomic E-state index is 9.30. The summed E-state index contributed by atoms with van der Waals surface area (Å²) < 4.78 is 16.2. The lowest BCUT2D eigenvalue weighted by Gasteiger charge is -2.31. The number of hydrogen-bond acceptors (Lipinski definition) is 5. The zero-order valence-electron chi connectivity index (χ0n) is 11.8. The Hall–Kier alpha value is -1.46. The van der Waals surface area contributed by atoms with E-state index in [0.717, 1.165) is 49.5 Å². The van der Waals surface area contributed by atoms with Crippen LogP contribution < -0.4 is 14.2 Å². The summed E-state index contributed by atoms with van der Waals surface area (Å²) in [7, 11) is 1.64. The lowest BCUT2D eigenvalue weighted by molar-refractivity contribution is 0.116. The smallest absolute Gasteiger partial charge is 0.231 e. The van der Waals surface area contributed by atoms with Crippen molar-refractivity contribution in [1.82, 2.24) is 4.90 Å². The third kappa shape index (κ3) is 2.69. The Bertz CT molecular complexity index is 477. The Morgan fingerprint density at radius 1 is 1.40 bits per heavy atom. The lowest BCUT2D eigenvalue weighted by atomic mass is 9.98. The van der Waals surface area contributed by atoms with Crippen molar-refractivity contribution in [3.63, 3.8) is 0 Å². The fraction of sp³-hybridized carbons (Fsp3) is 0.600. The van der Waals surface area contributed by atoms with Gasteiger partial charge in [0.15, 0.2) is 11.5 Å². The number of ether oxygens (including phenoxy) is 3. The molecule has 0 saturated carbocycles. The van der Waals surface area contributed by atoms with Gasteiger partial charge >= 0.3 is 0 Å². The highest BCUT2D eigenvalue weighted by Crippen LogP contribution is 2.42. The van der Waals surface area contributed by atoms with Crippen molar-refractivity contribution in [1.29, 1.82) is 0 Å². The second kappa shape index (κ2) is 5.89. The van der Waals surface area contributed by atoms with Crippen molar-refractivity contribution in [2.45, 2.75) is 19.4 Å². The molecule has 1 fully saturated rings. The van der Waals surface area contributed by atoms with Crippen LogP contribution in [0.5, 0.6) is 17.2 Å². The minimum Gasteiger partial charge on any atom is -0.493 e. The van der Waals surface area contributed by atoms with Crippen LogP contribution in [0.15, 0.2) is 12.1 Å². The monoisotopic (exact) mass is 279 g/mol. The van der Waals surface area contributed by atoms with Gasteiger partial charge in [-0.3, -0.25) is 4.90 Å². The number of rotatable bonds is 4. The molecule has 20 heavy (non-hydrogen) atoms. The number of piperidine rings is 1. The number of methoxy groups -OCH3 is 1. The van der Waals surface area contributed by atoms with Crippen LogP contribution in [-0.4, -0.2) is 43.6 Å². The first kappa shape index (κ1) is 13.5. The van der Waals surface area contributed by atoms with Crippen LogP contribution >= 0.6 is 0 Å². The van der Waals surface area contributed by atoms with Gasteiger partial charge in [-0.15, -0.1) is 0 Å². The van der Waals surface area contributed by atoms with Crippen molar-refractivity contribution < 1.29 is 19.3 Å². The van der Waals surface area contributed by atoms with E-state index in [-0.39, 0.29) is 13.4 Å². The Kier molecular flexibility index (Phi) is 3.98. The molecule has 2 aliphatic heterocycles. The number of nitrogens with zero attached hydrogens (tertiary/aromatic N) is 1. The Morgan fingerprint density at radius 2 is 2.30 bits per heavy atom. The van der Waals surface area contributed by atoms with Crippen LogP contribution in [0.2, 0.25) is 0 Å². The molecule has 0 aliphatic carbocycles. The molecule has 0 amide bonds. The van der Waals surface area contributed by atoms with Crippen LogP contribution in [0.25, 0.3) is 0 Å². The van der Waals surface area contributed by atoms with E-state index < -0.39 is 0 Å². The fourth-order valence-electron chi connectivity index (χ4n) is 2.98. The standard InChI is InChI=1S/C15H21NO4/c1-18-13-5-12(6-14-15(13)20-10-19-14)8-16-4-2-3-11(7-16)9-17/h5-6,11,17H,2-4,7-10H2,1H3/t11-/m1/s1. The first-order valence-corrected chi connectivity index (χ1v) is 7.10. The van der Waals surface area contributed by atoms with Gasteiger partial charge in [-0.05, 0) is 43.0 Å². The number of aliphatic hydroxyl groups excluding tert-OH is 1. The zero-order valence-corrected chi connectivity index (χ0v) is 11.8. The minimum absolute atomic E-state index is 0.255. The lowest BCUT2D eigenvalue weighted by Crippen LogP contribution is -2.36. The van der Waals surface area contributed by atoms with Gasteiger partial charge in [-0.2, -0.15) is 0 Å². The highest BCUT2D eigenvalue weighted by Gasteiger charge is 2.23. The molecule has 1 saturated heterocycles. The van der Waals surface area contributed by atoms with Gasteiger partial charge < -0.3 is 19.3 Å². The van der Waals surface area contributed by atoms with Crippen LogP contribution in [0, 0.1) is 5.92 Å². The van der Waals surface area contributed by atoms with E-state index in [1.54, 1.807) is 7.11 Å². The average Bonchev–Trinajstić information content (AvgIpc) is 2.95. The Morgan fingerprint density at radius 3 is 3.10 bits per heavy atom. The van der Waals surface area contributed by atoms with E-state index >= 15 is 0 Å². The second-order valence-electron chi connectivity index (χ2n) is 5.46. The van der Waals surface area contributed by atoms with Gasteiger partial charge in [0.2, 0.25) is 12.5 Å². The summed E-state index contributed by atoms with van der Waals surface area (Å²) in [4.78, 5) is 2.38.